The molecule has 0 amide bonds. The highest BCUT2D eigenvalue weighted by atomic mass is 16.6. The van der Waals surface area contributed by atoms with Crippen LogP contribution in [-0.4, -0.2) is 76.4 Å². The van der Waals surface area contributed by atoms with Crippen LogP contribution in [0.3, 0.4) is 0 Å². The number of piperazine rings is 1. The Hall–Kier alpha value is -2.93. The van der Waals surface area contributed by atoms with Crippen molar-refractivity contribution in [1.82, 2.24) is 15.5 Å². The number of anilines is 1. The van der Waals surface area contributed by atoms with E-state index in [1.807, 2.05) is 24.3 Å². The number of benzene rings is 2. The number of rotatable bonds is 8. The van der Waals surface area contributed by atoms with E-state index in [2.05, 4.69) is 55.8 Å². The van der Waals surface area contributed by atoms with Gasteiger partial charge in [-0.3, -0.25) is 9.89 Å². The van der Waals surface area contributed by atoms with Crippen molar-refractivity contribution in [3.8, 4) is 11.5 Å². The molecule has 7 nitrogen and oxygen atoms in total. The first kappa shape index (κ1) is 22.3. The first-order valence-electron chi connectivity index (χ1n) is 11.7. The van der Waals surface area contributed by atoms with E-state index >= 15 is 0 Å². The average Bonchev–Trinajstić information content (AvgIpc) is 2.86. The number of fused-ring (bicyclic) bond motifs is 1. The number of aliphatic imine (C=N–C) groups is 1. The molecule has 2 aliphatic heterocycles. The predicted molar refractivity (Wildman–Crippen MR) is 130 cm³/mol. The van der Waals surface area contributed by atoms with Crippen molar-refractivity contribution in [2.75, 3.05) is 64.4 Å². The zero-order valence-electron chi connectivity index (χ0n) is 19.0. The van der Waals surface area contributed by atoms with Gasteiger partial charge in [-0.15, -0.1) is 0 Å². The van der Waals surface area contributed by atoms with Crippen LogP contribution in [0.15, 0.2) is 59.6 Å². The number of para-hydroxylation sites is 3. The van der Waals surface area contributed by atoms with Crippen LogP contribution >= 0.6 is 0 Å². The van der Waals surface area contributed by atoms with Crippen molar-refractivity contribution < 1.29 is 9.47 Å². The molecule has 1 atom stereocenters. The van der Waals surface area contributed by atoms with Crippen LogP contribution in [0.2, 0.25) is 0 Å². The Balaban J connectivity index is 1.07. The fourth-order valence-corrected chi connectivity index (χ4v) is 4.13. The molecule has 0 spiro atoms. The minimum Gasteiger partial charge on any atom is -0.486 e. The van der Waals surface area contributed by atoms with Gasteiger partial charge in [0.05, 0.1) is 6.54 Å². The molecule has 2 aliphatic rings. The lowest BCUT2D eigenvalue weighted by atomic mass is 10.2. The summed E-state index contributed by atoms with van der Waals surface area (Å²) < 4.78 is 11.8. The molecule has 32 heavy (non-hydrogen) atoms. The van der Waals surface area contributed by atoms with Crippen molar-refractivity contribution in [1.29, 1.82) is 0 Å². The Kier molecular flexibility index (Phi) is 8.09. The summed E-state index contributed by atoms with van der Waals surface area (Å²) in [5, 5.41) is 6.76. The zero-order chi connectivity index (χ0) is 22.0. The van der Waals surface area contributed by atoms with E-state index in [0.29, 0.717) is 13.2 Å². The van der Waals surface area contributed by atoms with Gasteiger partial charge in [-0.05, 0) is 43.7 Å². The summed E-state index contributed by atoms with van der Waals surface area (Å²) in [5.74, 6) is 2.43. The molecular formula is C25H35N5O2. The summed E-state index contributed by atoms with van der Waals surface area (Å²) in [6, 6.07) is 18.5. The third-order valence-corrected chi connectivity index (χ3v) is 5.98. The summed E-state index contributed by atoms with van der Waals surface area (Å²) in [6.45, 7) is 7.75. The van der Waals surface area contributed by atoms with Crippen molar-refractivity contribution in [3.05, 3.63) is 54.6 Å². The molecule has 1 unspecified atom stereocenters. The summed E-state index contributed by atoms with van der Waals surface area (Å²) in [6.07, 6.45) is 2.28. The van der Waals surface area contributed by atoms with Gasteiger partial charge in [0.15, 0.2) is 17.5 Å². The molecule has 4 rings (SSSR count). The highest BCUT2D eigenvalue weighted by Crippen LogP contribution is 2.30. The third-order valence-electron chi connectivity index (χ3n) is 5.98. The molecular weight excluding hydrogens is 402 g/mol. The van der Waals surface area contributed by atoms with E-state index in [0.717, 1.165) is 63.1 Å². The maximum atomic E-state index is 5.99. The molecule has 2 aromatic rings. The van der Waals surface area contributed by atoms with Gasteiger partial charge < -0.3 is 25.0 Å². The smallest absolute Gasteiger partial charge is 0.191 e. The topological polar surface area (TPSA) is 61.4 Å². The molecule has 1 fully saturated rings. The number of nitrogens with zero attached hydrogens (tertiary/aromatic N) is 3. The third kappa shape index (κ3) is 6.29. The van der Waals surface area contributed by atoms with Crippen molar-refractivity contribution in [2.45, 2.75) is 18.9 Å². The second kappa shape index (κ2) is 11.6. The van der Waals surface area contributed by atoms with Crippen LogP contribution in [0.5, 0.6) is 11.5 Å². The molecule has 2 aromatic carbocycles. The monoisotopic (exact) mass is 437 g/mol. The molecule has 0 saturated carbocycles. The van der Waals surface area contributed by atoms with Gasteiger partial charge in [0.2, 0.25) is 0 Å². The highest BCUT2D eigenvalue weighted by Gasteiger charge is 2.20. The van der Waals surface area contributed by atoms with E-state index < -0.39 is 0 Å². The van der Waals surface area contributed by atoms with Crippen LogP contribution in [0, 0.1) is 0 Å². The van der Waals surface area contributed by atoms with Gasteiger partial charge in [-0.1, -0.05) is 30.3 Å². The fraction of sp³-hybridized carbons (Fsp3) is 0.480. The van der Waals surface area contributed by atoms with Crippen LogP contribution in [0.25, 0.3) is 0 Å². The van der Waals surface area contributed by atoms with E-state index in [4.69, 9.17) is 9.47 Å². The Morgan fingerprint density at radius 3 is 2.47 bits per heavy atom. The average molecular weight is 438 g/mol. The van der Waals surface area contributed by atoms with Crippen LogP contribution < -0.4 is 25.0 Å². The minimum absolute atomic E-state index is 0.0296. The predicted octanol–water partition coefficient (Wildman–Crippen LogP) is 2.59. The minimum atomic E-state index is -0.0296. The normalized spacial score (nSPS) is 19.0. The first-order chi connectivity index (χ1) is 15.8. The summed E-state index contributed by atoms with van der Waals surface area (Å²) in [4.78, 5) is 9.38. The van der Waals surface area contributed by atoms with E-state index in [1.54, 1.807) is 7.05 Å². The summed E-state index contributed by atoms with van der Waals surface area (Å²) in [7, 11) is 1.80. The van der Waals surface area contributed by atoms with Gasteiger partial charge in [0.25, 0.3) is 0 Å². The standard InChI is InChI=1S/C25H35N5O2/c1-26-25(28-19-22-20-31-23-11-5-6-12-24(23)32-22)27-13-7-8-14-29-15-17-30(18-16-29)21-9-3-2-4-10-21/h2-6,9-12,22H,7-8,13-20H2,1H3,(H2,26,27,28). The van der Waals surface area contributed by atoms with E-state index in [9.17, 15) is 0 Å². The lowest BCUT2D eigenvalue weighted by molar-refractivity contribution is 0.0936. The van der Waals surface area contributed by atoms with Gasteiger partial charge >= 0.3 is 0 Å². The second-order valence-electron chi connectivity index (χ2n) is 8.25. The Bertz CT molecular complexity index is 852. The Morgan fingerprint density at radius 2 is 1.69 bits per heavy atom. The van der Waals surface area contributed by atoms with Crippen LogP contribution in [-0.2, 0) is 0 Å². The molecule has 2 N–H and O–H groups in total. The number of hydrogen-bond donors (Lipinski definition) is 2. The quantitative estimate of drug-likeness (QED) is 0.376. The molecule has 7 heteroatoms. The number of ether oxygens (including phenoxy) is 2. The van der Waals surface area contributed by atoms with E-state index in [1.165, 1.54) is 12.1 Å². The number of nitrogens with one attached hydrogen (secondary N) is 2. The Morgan fingerprint density at radius 1 is 0.938 bits per heavy atom. The Labute approximate surface area is 191 Å². The highest BCUT2D eigenvalue weighted by molar-refractivity contribution is 5.79. The number of guanidine groups is 1. The first-order valence-corrected chi connectivity index (χ1v) is 11.7. The maximum Gasteiger partial charge on any atom is 0.191 e. The maximum absolute atomic E-state index is 5.99. The number of unbranched alkanes of at least 4 members (excludes halogenated alkanes) is 1. The van der Waals surface area contributed by atoms with Gasteiger partial charge in [-0.25, -0.2) is 0 Å². The van der Waals surface area contributed by atoms with Crippen LogP contribution in [0.4, 0.5) is 5.69 Å². The lowest BCUT2D eigenvalue weighted by Crippen LogP contribution is -2.47. The second-order valence-corrected chi connectivity index (χ2v) is 8.25. The molecule has 172 valence electrons. The largest absolute Gasteiger partial charge is 0.486 e. The molecule has 0 aromatic heterocycles. The molecule has 0 aliphatic carbocycles. The van der Waals surface area contributed by atoms with Crippen molar-refractivity contribution in [2.24, 2.45) is 4.99 Å². The summed E-state index contributed by atoms with van der Waals surface area (Å²) >= 11 is 0. The van der Waals surface area contributed by atoms with Crippen molar-refractivity contribution in [3.63, 3.8) is 0 Å². The van der Waals surface area contributed by atoms with Crippen molar-refractivity contribution >= 4 is 11.6 Å². The van der Waals surface area contributed by atoms with Gasteiger partial charge in [0, 0.05) is 45.5 Å². The molecule has 1 saturated heterocycles. The number of hydrogen-bond acceptors (Lipinski definition) is 5. The fourth-order valence-electron chi connectivity index (χ4n) is 4.13. The lowest BCUT2D eigenvalue weighted by Gasteiger charge is -2.36. The molecule has 0 radical (unpaired) electrons. The molecule has 0 bridgehead atoms. The van der Waals surface area contributed by atoms with Gasteiger partial charge in [0.1, 0.15) is 12.7 Å². The van der Waals surface area contributed by atoms with E-state index in [-0.39, 0.29) is 6.10 Å². The SMILES string of the molecule is CN=C(NCCCCN1CCN(c2ccccc2)CC1)NCC1COc2ccccc2O1. The summed E-state index contributed by atoms with van der Waals surface area (Å²) in [5.41, 5.74) is 1.34. The zero-order valence-corrected chi connectivity index (χ0v) is 19.0. The van der Waals surface area contributed by atoms with Crippen LogP contribution in [0.1, 0.15) is 12.8 Å². The molecule has 2 heterocycles. The van der Waals surface area contributed by atoms with Gasteiger partial charge in [-0.2, -0.15) is 0 Å².